The Morgan fingerprint density at radius 2 is 1.07 bits per heavy atom. The van der Waals surface area contributed by atoms with Gasteiger partial charge < -0.3 is 4.42 Å². The zero-order chi connectivity index (χ0) is 30.0. The largest absolute Gasteiger partial charge is 0.455 e. The Hall–Kier alpha value is -5.09. The summed E-state index contributed by atoms with van der Waals surface area (Å²) < 4.78 is 6.76. The summed E-state index contributed by atoms with van der Waals surface area (Å²) >= 11 is 0. The van der Waals surface area contributed by atoms with E-state index < -0.39 is 0 Å². The van der Waals surface area contributed by atoms with Gasteiger partial charge >= 0.3 is 0 Å². The minimum atomic E-state index is -0.190. The smallest absolute Gasteiger partial charge is 0.168 e. The van der Waals surface area contributed by atoms with Crippen molar-refractivity contribution in [2.75, 3.05) is 0 Å². The van der Waals surface area contributed by atoms with Gasteiger partial charge in [0.2, 0.25) is 0 Å². The lowest BCUT2D eigenvalue weighted by Gasteiger charge is -2.40. The number of fused-ring (bicyclic) bond motifs is 6. The number of furan rings is 1. The van der Waals surface area contributed by atoms with Crippen LogP contribution in [0.15, 0.2) is 120 Å². The molecule has 1 aliphatic rings. The summed E-state index contributed by atoms with van der Waals surface area (Å²) in [5.41, 5.74) is 9.38. The fraction of sp³-hybridized carbons (Fsp3) is 0.175. The van der Waals surface area contributed by atoms with Crippen LogP contribution in [-0.2, 0) is 5.41 Å². The molecule has 2 heterocycles. The maximum atomic E-state index is 6.76. The van der Waals surface area contributed by atoms with Crippen LogP contribution in [0.1, 0.15) is 38.8 Å². The molecule has 0 radical (unpaired) electrons. The normalized spacial score (nSPS) is 13.6. The number of para-hydroxylation sites is 1. The molecule has 0 amide bonds. The second-order valence-electron chi connectivity index (χ2n) is 12.4. The highest BCUT2D eigenvalue weighted by Crippen LogP contribution is 2.60. The van der Waals surface area contributed by atoms with Crippen molar-refractivity contribution in [3.63, 3.8) is 0 Å². The Bertz CT molecular complexity index is 2110. The standard InChI is InChI=1S/C40H33N3O/c1-24(2)40(25(3)4)31-21-13-11-20-29(31)34-32(40)23-30-28-19-12-14-22-33(28)44-36(30)35(34)39-42-37(26-15-7-5-8-16-26)41-38(43-39)27-17-9-6-10-18-27/h5-25H,1-4H3. The quantitative estimate of drug-likeness (QED) is 0.206. The molecule has 7 aromatic rings. The molecule has 4 heteroatoms. The molecule has 0 unspecified atom stereocenters. The number of hydrogen-bond donors (Lipinski definition) is 0. The van der Waals surface area contributed by atoms with Gasteiger partial charge in [0.1, 0.15) is 11.2 Å². The molecule has 1 aliphatic carbocycles. The van der Waals surface area contributed by atoms with Gasteiger partial charge in [-0.3, -0.25) is 0 Å². The van der Waals surface area contributed by atoms with Gasteiger partial charge in [0, 0.05) is 32.9 Å². The van der Waals surface area contributed by atoms with E-state index in [2.05, 4.69) is 100 Å². The highest BCUT2D eigenvalue weighted by atomic mass is 16.3. The van der Waals surface area contributed by atoms with E-state index in [1.54, 1.807) is 0 Å². The molecule has 5 aromatic carbocycles. The lowest BCUT2D eigenvalue weighted by molar-refractivity contribution is 0.280. The first-order valence-corrected chi connectivity index (χ1v) is 15.4. The minimum Gasteiger partial charge on any atom is -0.455 e. The lowest BCUT2D eigenvalue weighted by Crippen LogP contribution is -2.37. The van der Waals surface area contributed by atoms with Crippen LogP contribution in [0.5, 0.6) is 0 Å². The predicted molar refractivity (Wildman–Crippen MR) is 179 cm³/mol. The van der Waals surface area contributed by atoms with E-state index in [-0.39, 0.29) is 5.41 Å². The second-order valence-corrected chi connectivity index (χ2v) is 12.4. The van der Waals surface area contributed by atoms with Crippen LogP contribution in [-0.4, -0.2) is 15.0 Å². The minimum absolute atomic E-state index is 0.190. The average molecular weight is 572 g/mol. The third-order valence-electron chi connectivity index (χ3n) is 9.50. The zero-order valence-electron chi connectivity index (χ0n) is 25.4. The third-order valence-corrected chi connectivity index (χ3v) is 9.50. The van der Waals surface area contributed by atoms with Crippen molar-refractivity contribution in [3.8, 4) is 45.3 Å². The predicted octanol–water partition coefficient (Wildman–Crippen LogP) is 10.4. The van der Waals surface area contributed by atoms with Crippen LogP contribution in [0.4, 0.5) is 0 Å². The molecule has 0 saturated heterocycles. The summed E-state index contributed by atoms with van der Waals surface area (Å²) in [6.45, 7) is 9.42. The van der Waals surface area contributed by atoms with E-state index in [0.717, 1.165) is 38.6 Å². The summed E-state index contributed by atoms with van der Waals surface area (Å²) in [6.07, 6.45) is 0. The van der Waals surface area contributed by atoms with E-state index in [9.17, 15) is 0 Å². The molecular weight excluding hydrogens is 538 g/mol. The van der Waals surface area contributed by atoms with Crippen molar-refractivity contribution in [2.45, 2.75) is 33.1 Å². The Balaban J connectivity index is 1.56. The van der Waals surface area contributed by atoms with Crippen LogP contribution in [0.2, 0.25) is 0 Å². The van der Waals surface area contributed by atoms with E-state index in [0.29, 0.717) is 29.3 Å². The highest BCUT2D eigenvalue weighted by Gasteiger charge is 2.49. The molecule has 0 atom stereocenters. The van der Waals surface area contributed by atoms with Gasteiger partial charge in [0.05, 0.1) is 5.56 Å². The van der Waals surface area contributed by atoms with Crippen molar-refractivity contribution >= 4 is 21.9 Å². The molecule has 0 saturated carbocycles. The molecule has 8 rings (SSSR count). The van der Waals surface area contributed by atoms with Gasteiger partial charge in [0.15, 0.2) is 17.5 Å². The monoisotopic (exact) mass is 571 g/mol. The first-order valence-electron chi connectivity index (χ1n) is 15.4. The topological polar surface area (TPSA) is 51.8 Å². The Morgan fingerprint density at radius 3 is 1.70 bits per heavy atom. The van der Waals surface area contributed by atoms with Gasteiger partial charge in [0.25, 0.3) is 0 Å². The number of aromatic nitrogens is 3. The molecule has 4 nitrogen and oxygen atoms in total. The molecule has 44 heavy (non-hydrogen) atoms. The van der Waals surface area contributed by atoms with Gasteiger partial charge in [-0.05, 0) is 40.7 Å². The van der Waals surface area contributed by atoms with Crippen LogP contribution < -0.4 is 0 Å². The van der Waals surface area contributed by atoms with Crippen molar-refractivity contribution in [1.29, 1.82) is 0 Å². The molecular formula is C40H33N3O. The Labute approximate surface area is 257 Å². The number of benzene rings is 5. The van der Waals surface area contributed by atoms with E-state index >= 15 is 0 Å². The fourth-order valence-corrected chi connectivity index (χ4v) is 7.72. The van der Waals surface area contributed by atoms with Gasteiger partial charge in [-0.1, -0.05) is 131 Å². The number of rotatable bonds is 5. The molecule has 0 bridgehead atoms. The lowest BCUT2D eigenvalue weighted by atomic mass is 9.63. The van der Waals surface area contributed by atoms with Crippen LogP contribution in [0, 0.1) is 11.8 Å². The maximum absolute atomic E-state index is 6.76. The van der Waals surface area contributed by atoms with Crippen LogP contribution in [0.25, 0.3) is 67.2 Å². The van der Waals surface area contributed by atoms with Gasteiger partial charge in [-0.25, -0.2) is 15.0 Å². The van der Waals surface area contributed by atoms with E-state index in [1.807, 2.05) is 42.5 Å². The molecule has 214 valence electrons. The first kappa shape index (κ1) is 26.5. The molecule has 0 aliphatic heterocycles. The second kappa shape index (κ2) is 9.99. The van der Waals surface area contributed by atoms with Gasteiger partial charge in [-0.2, -0.15) is 0 Å². The SMILES string of the molecule is CC(C)C1(C(C)C)c2ccccc2-c2c1cc1c(oc3ccccc31)c2-c1nc(-c2ccccc2)nc(-c2ccccc2)n1. The van der Waals surface area contributed by atoms with Crippen LogP contribution in [0.3, 0.4) is 0 Å². The summed E-state index contributed by atoms with van der Waals surface area (Å²) in [5, 5.41) is 2.19. The third kappa shape index (κ3) is 3.73. The summed E-state index contributed by atoms with van der Waals surface area (Å²) in [4.78, 5) is 15.4. The van der Waals surface area contributed by atoms with Crippen molar-refractivity contribution in [2.24, 2.45) is 11.8 Å². The van der Waals surface area contributed by atoms with Crippen molar-refractivity contribution in [3.05, 3.63) is 126 Å². The Morgan fingerprint density at radius 1 is 0.523 bits per heavy atom. The highest BCUT2D eigenvalue weighted by molar-refractivity contribution is 6.14. The molecule has 0 N–H and O–H groups in total. The summed E-state index contributed by atoms with van der Waals surface area (Å²) in [5.74, 6) is 2.61. The number of hydrogen-bond acceptors (Lipinski definition) is 4. The van der Waals surface area contributed by atoms with E-state index in [1.165, 1.54) is 22.3 Å². The zero-order valence-corrected chi connectivity index (χ0v) is 25.4. The number of nitrogens with zero attached hydrogens (tertiary/aromatic N) is 3. The first-order chi connectivity index (χ1) is 21.5. The maximum Gasteiger partial charge on any atom is 0.168 e. The fourth-order valence-electron chi connectivity index (χ4n) is 7.72. The molecule has 2 aromatic heterocycles. The van der Waals surface area contributed by atoms with Gasteiger partial charge in [-0.15, -0.1) is 0 Å². The Kier molecular flexibility index (Phi) is 6.02. The summed E-state index contributed by atoms with van der Waals surface area (Å²) in [6, 6.07) is 39.9. The molecule has 0 spiro atoms. The van der Waals surface area contributed by atoms with Crippen LogP contribution >= 0.6 is 0 Å². The van der Waals surface area contributed by atoms with Crippen molar-refractivity contribution in [1.82, 2.24) is 15.0 Å². The van der Waals surface area contributed by atoms with Crippen molar-refractivity contribution < 1.29 is 4.42 Å². The summed E-state index contributed by atoms with van der Waals surface area (Å²) in [7, 11) is 0. The average Bonchev–Trinajstić information content (AvgIpc) is 3.58. The van der Waals surface area contributed by atoms with E-state index in [4.69, 9.17) is 19.4 Å². The molecule has 0 fully saturated rings.